The predicted molar refractivity (Wildman–Crippen MR) is 96.5 cm³/mol. The number of fused-ring (bicyclic) bond motifs is 3. The van der Waals surface area contributed by atoms with E-state index in [1.807, 2.05) is 24.3 Å². The van der Waals surface area contributed by atoms with Gasteiger partial charge in [0, 0.05) is 18.0 Å². The van der Waals surface area contributed by atoms with Crippen molar-refractivity contribution in [3.05, 3.63) is 40.4 Å². The lowest BCUT2D eigenvalue weighted by atomic mass is 9.94. The average molecular weight is 341 g/mol. The van der Waals surface area contributed by atoms with Crippen LogP contribution in [0.1, 0.15) is 37.9 Å². The van der Waals surface area contributed by atoms with Crippen molar-refractivity contribution < 1.29 is 9.52 Å². The Bertz CT molecular complexity index is 924. The molecule has 0 saturated heterocycles. The number of furan rings is 1. The van der Waals surface area contributed by atoms with Gasteiger partial charge in [-0.25, -0.2) is 4.98 Å². The zero-order valence-electron chi connectivity index (χ0n) is 14.2. The second-order valence-corrected chi connectivity index (χ2v) is 6.77. The summed E-state index contributed by atoms with van der Waals surface area (Å²) in [6.45, 7) is 1.24. The van der Waals surface area contributed by atoms with Gasteiger partial charge in [-0.2, -0.15) is 0 Å². The van der Waals surface area contributed by atoms with Crippen LogP contribution in [-0.4, -0.2) is 39.2 Å². The fourth-order valence-electron chi connectivity index (χ4n) is 3.88. The highest BCUT2D eigenvalue weighted by Gasteiger charge is 2.22. The van der Waals surface area contributed by atoms with Crippen molar-refractivity contribution in [2.75, 3.05) is 13.2 Å². The molecule has 0 amide bonds. The van der Waals surface area contributed by atoms with Crippen LogP contribution >= 0.6 is 0 Å². The molecule has 2 N–H and O–H groups in total. The monoisotopic (exact) mass is 341 g/mol. The Balaban J connectivity index is 1.70. The zero-order chi connectivity index (χ0) is 17.2. The van der Waals surface area contributed by atoms with Gasteiger partial charge in [0.2, 0.25) is 5.58 Å². The highest BCUT2D eigenvalue weighted by Crippen LogP contribution is 2.26. The van der Waals surface area contributed by atoms with Gasteiger partial charge in [-0.1, -0.05) is 31.4 Å². The van der Waals surface area contributed by atoms with E-state index >= 15 is 0 Å². The summed E-state index contributed by atoms with van der Waals surface area (Å²) in [5.74, 6) is 0.628. The molecule has 3 aromatic rings. The van der Waals surface area contributed by atoms with E-state index in [9.17, 15) is 9.90 Å². The standard InChI is InChI=1S/C19H23N3O3/c23-11-10-22(13-6-2-1-3-7-13)12-16-20-17-14-8-4-5-9-15(14)25-18(17)19(24)21-16/h4-5,8-9,13,23H,1-3,6-7,10-12H2,(H,20,21,24). The van der Waals surface area contributed by atoms with Gasteiger partial charge in [0.15, 0.2) is 0 Å². The number of H-pyrrole nitrogens is 1. The third-order valence-electron chi connectivity index (χ3n) is 5.11. The lowest BCUT2D eigenvalue weighted by molar-refractivity contribution is 0.114. The van der Waals surface area contributed by atoms with Crippen molar-refractivity contribution >= 4 is 22.1 Å². The number of aliphatic hydroxyl groups excluding tert-OH is 1. The Hall–Kier alpha value is -2.18. The van der Waals surface area contributed by atoms with Gasteiger partial charge < -0.3 is 14.5 Å². The number of aromatic nitrogens is 2. The number of hydrogen-bond acceptors (Lipinski definition) is 5. The second-order valence-electron chi connectivity index (χ2n) is 6.77. The molecule has 4 rings (SSSR count). The van der Waals surface area contributed by atoms with Crippen LogP contribution in [0.4, 0.5) is 0 Å². The van der Waals surface area contributed by atoms with Crippen LogP contribution < -0.4 is 5.56 Å². The number of nitrogens with one attached hydrogen (secondary N) is 1. The Labute approximate surface area is 145 Å². The van der Waals surface area contributed by atoms with Gasteiger partial charge >= 0.3 is 0 Å². The molecule has 0 bridgehead atoms. The molecule has 2 aromatic heterocycles. The first kappa shape index (κ1) is 16.3. The molecular formula is C19H23N3O3. The lowest BCUT2D eigenvalue weighted by Gasteiger charge is -2.33. The molecule has 1 aliphatic rings. The Morgan fingerprint density at radius 2 is 2.04 bits per heavy atom. The summed E-state index contributed by atoms with van der Waals surface area (Å²) >= 11 is 0. The van der Waals surface area contributed by atoms with Crippen LogP contribution in [0.2, 0.25) is 0 Å². The smallest absolute Gasteiger partial charge is 0.294 e. The van der Waals surface area contributed by atoms with E-state index in [4.69, 9.17) is 4.42 Å². The molecule has 0 spiro atoms. The molecule has 1 aliphatic carbocycles. The number of benzene rings is 1. The molecule has 1 fully saturated rings. The lowest BCUT2D eigenvalue weighted by Crippen LogP contribution is -2.39. The van der Waals surface area contributed by atoms with E-state index in [2.05, 4.69) is 14.9 Å². The van der Waals surface area contributed by atoms with E-state index in [0.717, 1.165) is 18.2 Å². The van der Waals surface area contributed by atoms with Gasteiger partial charge in [-0.15, -0.1) is 0 Å². The first-order valence-electron chi connectivity index (χ1n) is 9.01. The zero-order valence-corrected chi connectivity index (χ0v) is 14.2. The highest BCUT2D eigenvalue weighted by molar-refractivity contribution is 6.01. The van der Waals surface area contributed by atoms with E-state index in [1.54, 1.807) is 0 Å². The Morgan fingerprint density at radius 1 is 1.24 bits per heavy atom. The number of aliphatic hydroxyl groups is 1. The topological polar surface area (TPSA) is 82.4 Å². The van der Waals surface area contributed by atoms with Gasteiger partial charge in [0.05, 0.1) is 13.2 Å². The van der Waals surface area contributed by atoms with Crippen molar-refractivity contribution in [3.8, 4) is 0 Å². The number of hydrogen-bond donors (Lipinski definition) is 2. The molecule has 6 nitrogen and oxygen atoms in total. The fourth-order valence-corrected chi connectivity index (χ4v) is 3.88. The molecular weight excluding hydrogens is 318 g/mol. The summed E-state index contributed by atoms with van der Waals surface area (Å²) in [5.41, 5.74) is 1.31. The molecule has 1 aromatic carbocycles. The third-order valence-corrected chi connectivity index (χ3v) is 5.11. The second kappa shape index (κ2) is 6.98. The highest BCUT2D eigenvalue weighted by atomic mass is 16.3. The summed E-state index contributed by atoms with van der Waals surface area (Å²) in [5, 5.41) is 10.3. The molecule has 2 heterocycles. The summed E-state index contributed by atoms with van der Waals surface area (Å²) in [7, 11) is 0. The molecule has 1 saturated carbocycles. The minimum atomic E-state index is -0.246. The summed E-state index contributed by atoms with van der Waals surface area (Å²) in [4.78, 5) is 22.2. The Morgan fingerprint density at radius 3 is 2.84 bits per heavy atom. The number of nitrogens with zero attached hydrogens (tertiary/aromatic N) is 2. The normalized spacial score (nSPS) is 16.2. The first-order valence-corrected chi connectivity index (χ1v) is 9.01. The fraction of sp³-hybridized carbons (Fsp3) is 0.474. The number of para-hydroxylation sites is 1. The molecule has 6 heteroatoms. The Kier molecular flexibility index (Phi) is 4.55. The predicted octanol–water partition coefficient (Wildman–Crippen LogP) is 2.80. The van der Waals surface area contributed by atoms with Crippen LogP contribution in [0.3, 0.4) is 0 Å². The minimum absolute atomic E-state index is 0.109. The van der Waals surface area contributed by atoms with Crippen molar-refractivity contribution in [1.82, 2.24) is 14.9 Å². The van der Waals surface area contributed by atoms with Crippen LogP contribution in [0.5, 0.6) is 0 Å². The van der Waals surface area contributed by atoms with Crippen LogP contribution in [-0.2, 0) is 6.54 Å². The first-order chi connectivity index (χ1) is 12.3. The van der Waals surface area contributed by atoms with Gasteiger partial charge in [0.25, 0.3) is 5.56 Å². The van der Waals surface area contributed by atoms with E-state index in [0.29, 0.717) is 36.1 Å². The quantitative estimate of drug-likeness (QED) is 0.746. The maximum Gasteiger partial charge on any atom is 0.294 e. The van der Waals surface area contributed by atoms with Crippen molar-refractivity contribution in [1.29, 1.82) is 0 Å². The van der Waals surface area contributed by atoms with Gasteiger partial charge in [0.1, 0.15) is 16.9 Å². The molecule has 0 aliphatic heterocycles. The van der Waals surface area contributed by atoms with Gasteiger partial charge in [-0.3, -0.25) is 9.69 Å². The van der Waals surface area contributed by atoms with E-state index in [1.165, 1.54) is 19.3 Å². The summed E-state index contributed by atoms with van der Waals surface area (Å²) in [6, 6.07) is 8.01. The van der Waals surface area contributed by atoms with E-state index < -0.39 is 0 Å². The van der Waals surface area contributed by atoms with Gasteiger partial charge in [-0.05, 0) is 25.0 Å². The molecule has 132 valence electrons. The number of aromatic amines is 1. The SMILES string of the molecule is O=c1[nH]c(CN(CCO)C2CCCCC2)nc2c1oc1ccccc12. The van der Waals surface area contributed by atoms with Crippen molar-refractivity contribution in [3.63, 3.8) is 0 Å². The van der Waals surface area contributed by atoms with Crippen LogP contribution in [0.25, 0.3) is 22.1 Å². The van der Waals surface area contributed by atoms with Crippen LogP contribution in [0, 0.1) is 0 Å². The maximum atomic E-state index is 12.4. The van der Waals surface area contributed by atoms with Crippen molar-refractivity contribution in [2.45, 2.75) is 44.7 Å². The van der Waals surface area contributed by atoms with Crippen molar-refractivity contribution in [2.24, 2.45) is 0 Å². The summed E-state index contributed by atoms with van der Waals surface area (Å²) in [6.07, 6.45) is 6.01. The van der Waals surface area contributed by atoms with Crippen LogP contribution in [0.15, 0.2) is 33.5 Å². The molecule has 0 radical (unpaired) electrons. The number of rotatable bonds is 5. The summed E-state index contributed by atoms with van der Waals surface area (Å²) < 4.78 is 5.65. The maximum absolute atomic E-state index is 12.4. The van der Waals surface area contributed by atoms with E-state index in [-0.39, 0.29) is 17.7 Å². The molecule has 0 unspecified atom stereocenters. The molecule has 25 heavy (non-hydrogen) atoms. The largest absolute Gasteiger partial charge is 0.449 e. The third kappa shape index (κ3) is 3.19. The minimum Gasteiger partial charge on any atom is -0.449 e. The average Bonchev–Trinajstić information content (AvgIpc) is 3.02. The molecule has 0 atom stereocenters.